The third-order valence-electron chi connectivity index (χ3n) is 6.20. The van der Waals surface area contributed by atoms with Crippen molar-refractivity contribution >= 4 is 17.6 Å². The zero-order valence-electron chi connectivity index (χ0n) is 19.5. The third kappa shape index (κ3) is 4.21. The molecule has 1 amide bonds. The van der Waals surface area contributed by atoms with E-state index >= 15 is 0 Å². The summed E-state index contributed by atoms with van der Waals surface area (Å²) in [5.41, 5.74) is 3.42. The van der Waals surface area contributed by atoms with Gasteiger partial charge in [-0.15, -0.1) is 0 Å². The van der Waals surface area contributed by atoms with E-state index in [9.17, 15) is 9.59 Å². The molecular formula is C24H34N2O5. The number of nitrogens with zero attached hydrogens (tertiary/aromatic N) is 2. The van der Waals surface area contributed by atoms with E-state index in [2.05, 4.69) is 11.8 Å². The third-order valence-corrected chi connectivity index (χ3v) is 6.20. The molecule has 2 aliphatic rings. The summed E-state index contributed by atoms with van der Waals surface area (Å²) in [5.74, 6) is 0.0938. The molecule has 3 rings (SSSR count). The van der Waals surface area contributed by atoms with E-state index in [1.807, 2.05) is 39.8 Å². The van der Waals surface area contributed by atoms with Crippen molar-refractivity contribution in [2.75, 3.05) is 32.8 Å². The quantitative estimate of drug-likeness (QED) is 0.632. The van der Waals surface area contributed by atoms with Gasteiger partial charge in [0, 0.05) is 13.1 Å². The fourth-order valence-corrected chi connectivity index (χ4v) is 4.87. The van der Waals surface area contributed by atoms with Crippen LogP contribution in [0.3, 0.4) is 0 Å². The number of rotatable bonds is 6. The summed E-state index contributed by atoms with van der Waals surface area (Å²) in [7, 11) is 0. The van der Waals surface area contributed by atoms with E-state index in [4.69, 9.17) is 14.3 Å². The number of likely N-dealkylation sites (tertiary alicyclic amines) is 1. The summed E-state index contributed by atoms with van der Waals surface area (Å²) in [6.07, 6.45) is 0.449. The smallest absolute Gasteiger partial charge is 0.434 e. The second-order valence-electron chi connectivity index (χ2n) is 8.25. The minimum absolute atomic E-state index is 0.198. The minimum Gasteiger partial charge on any atom is -0.434 e. The monoisotopic (exact) mass is 430 g/mol. The maximum Gasteiger partial charge on any atom is 0.513 e. The number of hydroxylamine groups is 2. The summed E-state index contributed by atoms with van der Waals surface area (Å²) >= 11 is 0. The minimum atomic E-state index is -0.829. The molecule has 1 saturated heterocycles. The lowest BCUT2D eigenvalue weighted by Crippen LogP contribution is -2.55. The highest BCUT2D eigenvalue weighted by molar-refractivity contribution is 6.23. The Morgan fingerprint density at radius 2 is 1.65 bits per heavy atom. The molecule has 2 heterocycles. The first-order chi connectivity index (χ1) is 14.8. The highest BCUT2D eigenvalue weighted by atomic mass is 16.7. The molecule has 1 aromatic rings. The summed E-state index contributed by atoms with van der Waals surface area (Å²) < 4.78 is 10.9. The maximum absolute atomic E-state index is 13.8. The molecule has 0 bridgehead atoms. The Morgan fingerprint density at radius 3 is 2.16 bits per heavy atom. The van der Waals surface area contributed by atoms with Crippen LogP contribution in [0.2, 0.25) is 0 Å². The molecule has 0 unspecified atom stereocenters. The molecule has 0 N–H and O–H groups in total. The number of hydrogen-bond donors (Lipinski definition) is 0. The van der Waals surface area contributed by atoms with Crippen molar-refractivity contribution in [3.63, 3.8) is 0 Å². The van der Waals surface area contributed by atoms with Crippen LogP contribution in [0.5, 0.6) is 0 Å². The number of hydrogen-bond acceptors (Lipinski definition) is 6. The Morgan fingerprint density at radius 1 is 1.03 bits per heavy atom. The van der Waals surface area contributed by atoms with Gasteiger partial charge in [0.25, 0.3) is 5.91 Å². The molecular weight excluding hydrogens is 396 g/mol. The molecule has 2 aliphatic heterocycles. The van der Waals surface area contributed by atoms with Crippen LogP contribution in [0.1, 0.15) is 55.9 Å². The first-order valence-corrected chi connectivity index (χ1v) is 11.2. The number of piperidine rings is 1. The van der Waals surface area contributed by atoms with Crippen LogP contribution in [-0.4, -0.2) is 60.4 Å². The van der Waals surface area contributed by atoms with Gasteiger partial charge in [0.15, 0.2) is 5.76 Å². The summed E-state index contributed by atoms with van der Waals surface area (Å²) in [5, 5.41) is 1.46. The van der Waals surface area contributed by atoms with E-state index in [1.54, 1.807) is 6.92 Å². The Hall–Kier alpha value is -2.38. The van der Waals surface area contributed by atoms with Gasteiger partial charge in [0.2, 0.25) is 0 Å². The summed E-state index contributed by atoms with van der Waals surface area (Å²) in [6, 6.07) is 4.08. The van der Waals surface area contributed by atoms with Gasteiger partial charge in [-0.3, -0.25) is 9.63 Å². The number of aryl methyl sites for hydroxylation is 3. The number of benzene rings is 1. The SMILES string of the molecule is CCOC(=O)OC1=C(c2c(C)cc(C)cc2C)C(=O)N(OCC)C12CCN(CC)CC2. The number of carbonyl (C=O) groups is 2. The van der Waals surface area contributed by atoms with Crippen molar-refractivity contribution in [3.05, 3.63) is 40.1 Å². The first kappa shape index (κ1) is 23.3. The average Bonchev–Trinajstić information content (AvgIpc) is 2.91. The molecule has 1 aromatic carbocycles. The van der Waals surface area contributed by atoms with Crippen LogP contribution in [0.4, 0.5) is 4.79 Å². The second-order valence-corrected chi connectivity index (χ2v) is 8.25. The van der Waals surface area contributed by atoms with Crippen LogP contribution in [0.15, 0.2) is 17.9 Å². The molecule has 31 heavy (non-hydrogen) atoms. The fraction of sp³-hybridized carbons (Fsp3) is 0.583. The van der Waals surface area contributed by atoms with E-state index in [-0.39, 0.29) is 12.5 Å². The van der Waals surface area contributed by atoms with Crippen LogP contribution >= 0.6 is 0 Å². The Bertz CT molecular complexity index is 861. The molecule has 0 aromatic heterocycles. The molecule has 1 spiro atoms. The van der Waals surface area contributed by atoms with Crippen LogP contribution in [-0.2, 0) is 19.1 Å². The van der Waals surface area contributed by atoms with Crippen LogP contribution in [0.25, 0.3) is 5.57 Å². The van der Waals surface area contributed by atoms with Gasteiger partial charge in [-0.25, -0.2) is 9.86 Å². The van der Waals surface area contributed by atoms with E-state index in [0.29, 0.717) is 30.8 Å². The number of ether oxygens (including phenoxy) is 2. The molecule has 0 aliphatic carbocycles. The first-order valence-electron chi connectivity index (χ1n) is 11.2. The van der Waals surface area contributed by atoms with Crippen LogP contribution < -0.4 is 0 Å². The van der Waals surface area contributed by atoms with Gasteiger partial charge >= 0.3 is 6.16 Å². The Kier molecular flexibility index (Phi) is 7.06. The topological polar surface area (TPSA) is 68.3 Å². The van der Waals surface area contributed by atoms with E-state index in [1.165, 1.54) is 5.06 Å². The molecule has 0 saturated carbocycles. The summed E-state index contributed by atoms with van der Waals surface area (Å²) in [4.78, 5) is 34.4. The molecule has 0 atom stereocenters. The lowest BCUT2D eigenvalue weighted by atomic mass is 9.84. The average molecular weight is 431 g/mol. The van der Waals surface area contributed by atoms with Crippen molar-refractivity contribution in [2.24, 2.45) is 0 Å². The van der Waals surface area contributed by atoms with Gasteiger partial charge in [-0.2, -0.15) is 0 Å². The predicted octanol–water partition coefficient (Wildman–Crippen LogP) is 4.14. The molecule has 1 fully saturated rings. The highest BCUT2D eigenvalue weighted by Gasteiger charge is 2.57. The highest BCUT2D eigenvalue weighted by Crippen LogP contribution is 2.48. The Balaban J connectivity index is 2.22. The van der Waals surface area contributed by atoms with Crippen molar-refractivity contribution in [1.29, 1.82) is 0 Å². The maximum atomic E-state index is 13.8. The van der Waals surface area contributed by atoms with E-state index < -0.39 is 11.7 Å². The standard InChI is InChI=1S/C24H34N2O5/c1-7-25-12-10-24(11-13-25)21(31-23(28)29-8-2)20(22(27)26(24)30-9-3)19-17(5)14-16(4)15-18(19)6/h14-15H,7-13H2,1-6H3. The zero-order chi connectivity index (χ0) is 22.8. The zero-order valence-corrected chi connectivity index (χ0v) is 19.5. The molecule has 7 heteroatoms. The number of carbonyl (C=O) groups excluding carboxylic acids is 2. The van der Waals surface area contributed by atoms with Gasteiger partial charge in [0.05, 0.1) is 18.8 Å². The fourth-order valence-electron chi connectivity index (χ4n) is 4.87. The second kappa shape index (κ2) is 9.40. The normalized spacial score (nSPS) is 18.8. The molecule has 0 radical (unpaired) electrons. The van der Waals surface area contributed by atoms with Gasteiger partial charge in [-0.1, -0.05) is 24.6 Å². The molecule has 7 nitrogen and oxygen atoms in total. The Labute approximate surface area is 184 Å². The van der Waals surface area contributed by atoms with Gasteiger partial charge in [-0.05, 0) is 70.7 Å². The van der Waals surface area contributed by atoms with E-state index in [0.717, 1.165) is 41.9 Å². The van der Waals surface area contributed by atoms with Crippen molar-refractivity contribution in [1.82, 2.24) is 9.96 Å². The van der Waals surface area contributed by atoms with Crippen LogP contribution in [0, 0.1) is 20.8 Å². The number of amides is 1. The van der Waals surface area contributed by atoms with Crippen molar-refractivity contribution in [2.45, 2.75) is 59.9 Å². The van der Waals surface area contributed by atoms with Crippen molar-refractivity contribution in [3.8, 4) is 0 Å². The predicted molar refractivity (Wildman–Crippen MR) is 118 cm³/mol. The lowest BCUT2D eigenvalue weighted by Gasteiger charge is -2.43. The van der Waals surface area contributed by atoms with Gasteiger partial charge < -0.3 is 14.4 Å². The van der Waals surface area contributed by atoms with Crippen molar-refractivity contribution < 1.29 is 23.9 Å². The molecule has 170 valence electrons. The lowest BCUT2D eigenvalue weighted by molar-refractivity contribution is -0.214. The largest absolute Gasteiger partial charge is 0.513 e. The van der Waals surface area contributed by atoms with Gasteiger partial charge in [0.1, 0.15) is 5.54 Å². The summed E-state index contributed by atoms with van der Waals surface area (Å²) in [6.45, 7) is 14.7.